The Morgan fingerprint density at radius 2 is 1.62 bits per heavy atom. The summed E-state index contributed by atoms with van der Waals surface area (Å²) >= 11 is 11.2. The van der Waals surface area contributed by atoms with Gasteiger partial charge in [-0.25, -0.2) is 19.1 Å². The molecule has 20 nitrogen and oxygen atoms in total. The molecule has 0 radical (unpaired) electrons. The van der Waals surface area contributed by atoms with Crippen molar-refractivity contribution in [2.45, 2.75) is 33.5 Å². The number of methoxy groups -OCH3 is 2. The summed E-state index contributed by atoms with van der Waals surface area (Å²) in [6, 6.07) is 1.96. The van der Waals surface area contributed by atoms with Crippen LogP contribution in [0.4, 0.5) is 0 Å². The van der Waals surface area contributed by atoms with Crippen molar-refractivity contribution < 1.29 is 33.8 Å². The molecule has 0 saturated carbocycles. The molecular formula is C26H33N13O7S6. The number of hydrogen-bond donors (Lipinski definition) is 4. The Morgan fingerprint density at radius 3 is 2.12 bits per heavy atom. The van der Waals surface area contributed by atoms with Gasteiger partial charge < -0.3 is 30.5 Å². The minimum Gasteiger partial charge on any atom is -0.477 e. The number of thiocarbonyl (C=S) groups is 1. The molecule has 0 spiro atoms. The molecule has 280 valence electrons. The van der Waals surface area contributed by atoms with Gasteiger partial charge in [0.2, 0.25) is 16.2 Å². The second-order valence-electron chi connectivity index (χ2n) is 10.4. The Kier molecular flexibility index (Phi) is 16.0. The Hall–Kier alpha value is -3.45. The van der Waals surface area contributed by atoms with Crippen LogP contribution in [0.3, 0.4) is 0 Å². The summed E-state index contributed by atoms with van der Waals surface area (Å²) in [7, 11) is 6.02. The fourth-order valence-electron chi connectivity index (χ4n) is 4.59. The number of carbonyl (C=O) groups excluding carboxylic acids is 3. The Morgan fingerprint density at radius 1 is 1.04 bits per heavy atom. The van der Waals surface area contributed by atoms with E-state index in [-0.39, 0.29) is 51.8 Å². The number of nitrogens with one attached hydrogen (secondary N) is 3. The Labute approximate surface area is 323 Å². The van der Waals surface area contributed by atoms with Gasteiger partial charge in [-0.05, 0) is 32.0 Å². The Balaban J connectivity index is 1.63. The van der Waals surface area contributed by atoms with Gasteiger partial charge in [-0.15, -0.1) is 45.5 Å². The third kappa shape index (κ3) is 10.6. The van der Waals surface area contributed by atoms with E-state index in [0.717, 1.165) is 22.0 Å². The number of hydrogen-bond acceptors (Lipinski definition) is 21. The molecule has 0 aliphatic carbocycles. The minimum absolute atomic E-state index is 0.0170. The van der Waals surface area contributed by atoms with Gasteiger partial charge in [-0.3, -0.25) is 14.4 Å². The molecule has 0 aromatic carbocycles. The second-order valence-corrected chi connectivity index (χ2v) is 15.8. The van der Waals surface area contributed by atoms with Crippen molar-refractivity contribution in [3.63, 3.8) is 0 Å². The average molecular weight is 832 g/mol. The molecule has 2 unspecified atom stereocenters. The molecule has 4 rings (SSSR count). The van der Waals surface area contributed by atoms with Gasteiger partial charge in [0.15, 0.2) is 12.5 Å². The van der Waals surface area contributed by atoms with Gasteiger partial charge >= 0.3 is 5.97 Å². The van der Waals surface area contributed by atoms with Crippen LogP contribution in [-0.2, 0) is 42.7 Å². The molecule has 2 aliphatic heterocycles. The number of carbonyl (C=O) groups is 4. The van der Waals surface area contributed by atoms with E-state index in [2.05, 4.69) is 47.0 Å². The van der Waals surface area contributed by atoms with Crippen molar-refractivity contribution in [3.05, 3.63) is 22.5 Å². The fraction of sp³-hybridized carbons (Fsp3) is 0.538. The van der Waals surface area contributed by atoms with Crippen molar-refractivity contribution in [3.8, 4) is 6.07 Å². The van der Waals surface area contributed by atoms with Crippen LogP contribution in [0, 0.1) is 11.3 Å². The number of aromatic nitrogens is 8. The standard InChI is InChI=1S/C26H33N13O7S6/c1-37-25(31-33-35-37)51-10-13-8-49-20(19(45-3)28-15(40)12-48-6-5-27)29-17(13)22(42)39(16(41)7-47)23(46-4)21-30-18(24(43)44)14(9-50-21)11-52-26-32-34-36-38(26)2/h7,19-21,23,29-30H,6,8-12H2,1-4H3,(H,28,40)(H,43,44)/t19?,20-,21-,23?/m1/s1. The van der Waals surface area contributed by atoms with Crippen LogP contribution in [0.1, 0.15) is 0 Å². The number of nitrogens with zero attached hydrogens (tertiary/aromatic N) is 10. The predicted molar refractivity (Wildman–Crippen MR) is 198 cm³/mol. The highest BCUT2D eigenvalue weighted by Crippen LogP contribution is 2.33. The highest BCUT2D eigenvalue weighted by Gasteiger charge is 2.42. The van der Waals surface area contributed by atoms with Crippen molar-refractivity contribution in [2.75, 3.05) is 48.7 Å². The minimum atomic E-state index is -1.33. The number of aryl methyl sites for hydroxylation is 2. The highest BCUT2D eigenvalue weighted by molar-refractivity contribution is 8.01. The average Bonchev–Trinajstić information content (AvgIpc) is 3.76. The van der Waals surface area contributed by atoms with Crippen molar-refractivity contribution >= 4 is 100 Å². The van der Waals surface area contributed by atoms with Crippen LogP contribution in [0.5, 0.6) is 0 Å². The van der Waals surface area contributed by atoms with Gasteiger partial charge in [-0.1, -0.05) is 35.7 Å². The summed E-state index contributed by atoms with van der Waals surface area (Å²) in [6.07, 6.45) is -2.24. The summed E-state index contributed by atoms with van der Waals surface area (Å²) < 4.78 is 14.2. The maximum Gasteiger partial charge on any atom is 0.352 e. The zero-order valence-corrected chi connectivity index (χ0v) is 32.8. The van der Waals surface area contributed by atoms with Crippen molar-refractivity contribution in [1.82, 2.24) is 61.3 Å². The first-order valence-electron chi connectivity index (χ1n) is 14.8. The molecule has 26 heteroatoms. The molecular weight excluding hydrogens is 799 g/mol. The molecule has 2 aromatic heterocycles. The molecule has 4 N–H and O–H groups in total. The molecule has 2 aromatic rings. The van der Waals surface area contributed by atoms with Crippen LogP contribution >= 0.6 is 71.0 Å². The number of nitriles is 1. The van der Waals surface area contributed by atoms with Gasteiger partial charge in [0.1, 0.15) is 22.1 Å². The number of carboxylic acid groups (broad SMARTS) is 1. The number of carboxylic acids is 1. The maximum atomic E-state index is 14.6. The van der Waals surface area contributed by atoms with Crippen molar-refractivity contribution in [1.29, 1.82) is 5.26 Å². The van der Waals surface area contributed by atoms with E-state index in [1.54, 1.807) is 14.1 Å². The lowest BCUT2D eigenvalue weighted by Crippen LogP contribution is -2.59. The third-order valence-electron chi connectivity index (χ3n) is 7.04. The SMILES string of the molecule is COC(NC(=O)CSCC#N)[C@@H]1NC(C(=O)N(C(=O)C=S)C(OC)[C@@H]2NC(C(=O)O)=C(CSc3nnnn3C)CS2)=C(CSc2nnnn2C)CS1. The molecule has 52 heavy (non-hydrogen) atoms. The molecule has 4 atom stereocenters. The van der Waals surface area contributed by atoms with Crippen LogP contribution in [0.2, 0.25) is 0 Å². The number of aliphatic carboxylic acids is 1. The summed E-state index contributed by atoms with van der Waals surface area (Å²) in [6.45, 7) is 0. The first-order valence-corrected chi connectivity index (χ1v) is 20.5. The largest absolute Gasteiger partial charge is 0.477 e. The highest BCUT2D eigenvalue weighted by atomic mass is 32.2. The lowest BCUT2D eigenvalue weighted by Gasteiger charge is -2.39. The summed E-state index contributed by atoms with van der Waals surface area (Å²) in [5, 5.41) is 50.7. The quantitative estimate of drug-likeness (QED) is 0.0621. The summed E-state index contributed by atoms with van der Waals surface area (Å²) in [5.41, 5.74) is 1.04. The van der Waals surface area contributed by atoms with Crippen molar-refractivity contribution in [2.24, 2.45) is 14.1 Å². The first-order chi connectivity index (χ1) is 25.0. The number of thioether (sulfide) groups is 5. The van der Waals surface area contributed by atoms with Crippen LogP contribution in [0.15, 0.2) is 32.9 Å². The van der Waals surface area contributed by atoms with Crippen LogP contribution in [0.25, 0.3) is 0 Å². The van der Waals surface area contributed by atoms with E-state index in [0.29, 0.717) is 21.5 Å². The van der Waals surface area contributed by atoms with E-state index in [4.69, 9.17) is 27.0 Å². The van der Waals surface area contributed by atoms with E-state index in [1.165, 1.54) is 70.6 Å². The van der Waals surface area contributed by atoms with E-state index in [1.807, 2.05) is 6.07 Å². The second kappa shape index (κ2) is 20.1. The monoisotopic (exact) mass is 831 g/mol. The number of imide groups is 1. The van der Waals surface area contributed by atoms with Gasteiger partial charge in [0.05, 0.1) is 22.9 Å². The topological polar surface area (TPSA) is 257 Å². The fourth-order valence-corrected chi connectivity index (χ4v) is 9.57. The molecule has 2 aliphatic rings. The lowest BCUT2D eigenvalue weighted by molar-refractivity contribution is -0.152. The van der Waals surface area contributed by atoms with Crippen LogP contribution < -0.4 is 16.0 Å². The van der Waals surface area contributed by atoms with E-state index >= 15 is 0 Å². The zero-order valence-electron chi connectivity index (χ0n) is 27.9. The molecule has 4 heterocycles. The molecule has 0 fully saturated rings. The summed E-state index contributed by atoms with van der Waals surface area (Å²) in [4.78, 5) is 54.0. The van der Waals surface area contributed by atoms with E-state index in [9.17, 15) is 24.3 Å². The molecule has 0 bridgehead atoms. The smallest absolute Gasteiger partial charge is 0.352 e. The van der Waals surface area contributed by atoms with Gasteiger partial charge in [0.25, 0.3) is 11.8 Å². The number of tetrazole rings is 2. The summed E-state index contributed by atoms with van der Waals surface area (Å²) in [5.74, 6) is -2.15. The Bertz CT molecular complexity index is 1750. The normalized spacial score (nSPS) is 18.4. The first kappa shape index (κ1) is 41.3. The van der Waals surface area contributed by atoms with Crippen LogP contribution in [-0.4, -0.2) is 151 Å². The van der Waals surface area contributed by atoms with E-state index < -0.39 is 41.0 Å². The lowest BCUT2D eigenvalue weighted by atomic mass is 10.2. The predicted octanol–water partition coefficient (Wildman–Crippen LogP) is -0.791. The van der Waals surface area contributed by atoms with Gasteiger partial charge in [0, 0.05) is 51.3 Å². The zero-order chi connectivity index (χ0) is 37.8. The molecule has 3 amide bonds. The third-order valence-corrected chi connectivity index (χ3v) is 12.7. The number of amides is 3. The maximum absolute atomic E-state index is 14.6. The van der Waals surface area contributed by atoms with Gasteiger partial charge in [-0.2, -0.15) is 5.26 Å². The number of rotatable bonds is 18. The number of ether oxygens (including phenoxy) is 2. The molecule has 0 saturated heterocycles.